The summed E-state index contributed by atoms with van der Waals surface area (Å²) in [5.41, 5.74) is 15.1. The molecule has 4 aromatic carbocycles. The number of rotatable bonds is 10. The number of imide groups is 2. The smallest absolute Gasteiger partial charge is 0.261 e. The maximum atomic E-state index is 13.0. The Hall–Kier alpha value is -4.80. The zero-order valence-corrected chi connectivity index (χ0v) is 22.4. The molecule has 0 aliphatic carbocycles. The first kappa shape index (κ1) is 26.4. The van der Waals surface area contributed by atoms with Crippen molar-refractivity contribution in [3.8, 4) is 0 Å². The van der Waals surface area contributed by atoms with Crippen LogP contribution in [-0.2, 0) is 0 Å². The fourth-order valence-corrected chi connectivity index (χ4v) is 5.71. The second-order valence-electron chi connectivity index (χ2n) is 10.2. The summed E-state index contributed by atoms with van der Waals surface area (Å²) in [7, 11) is 0. The van der Waals surface area contributed by atoms with Crippen LogP contribution in [0.3, 0.4) is 0 Å². The highest BCUT2D eigenvalue weighted by Crippen LogP contribution is 2.34. The monoisotopic (exact) mass is 550 g/mol. The lowest BCUT2D eigenvalue weighted by Gasteiger charge is -2.27. The van der Waals surface area contributed by atoms with Gasteiger partial charge in [-0.25, -0.2) is 0 Å². The van der Waals surface area contributed by atoms with E-state index in [9.17, 15) is 19.2 Å². The Kier molecular flexibility index (Phi) is 6.86. The zero-order chi connectivity index (χ0) is 28.7. The fraction of sp³-hybridized carbons (Fsp3) is 0.226. The zero-order valence-electron chi connectivity index (χ0n) is 22.4. The van der Waals surface area contributed by atoms with Gasteiger partial charge in [0.15, 0.2) is 0 Å². The van der Waals surface area contributed by atoms with E-state index in [2.05, 4.69) is 10.6 Å². The molecule has 41 heavy (non-hydrogen) atoms. The van der Waals surface area contributed by atoms with Crippen LogP contribution in [0, 0.1) is 0 Å². The third-order valence-corrected chi connectivity index (χ3v) is 7.78. The number of hydrogen-bond donors (Lipinski definition) is 4. The number of amides is 4. The predicted molar refractivity (Wildman–Crippen MR) is 158 cm³/mol. The molecule has 6 rings (SSSR count). The summed E-state index contributed by atoms with van der Waals surface area (Å²) in [6.07, 6.45) is 0.784. The third-order valence-electron chi connectivity index (χ3n) is 7.78. The van der Waals surface area contributed by atoms with Gasteiger partial charge < -0.3 is 22.1 Å². The topological polar surface area (TPSA) is 151 Å². The van der Waals surface area contributed by atoms with Gasteiger partial charge in [-0.15, -0.1) is 0 Å². The van der Waals surface area contributed by atoms with Crippen LogP contribution >= 0.6 is 0 Å². The summed E-state index contributed by atoms with van der Waals surface area (Å²) in [5, 5.41) is 9.23. The quantitative estimate of drug-likeness (QED) is 0.134. The van der Waals surface area contributed by atoms with E-state index >= 15 is 0 Å². The summed E-state index contributed by atoms with van der Waals surface area (Å²) < 4.78 is 0. The Morgan fingerprint density at radius 3 is 1.32 bits per heavy atom. The number of nitrogens with two attached hydrogens (primary N) is 2. The van der Waals surface area contributed by atoms with Crippen molar-refractivity contribution in [3.05, 3.63) is 82.9 Å². The molecular formula is C31H30N6O4. The SMILES string of the molecule is Nc1ccc2c3c(cccc13)C(=O)N(CCNCCCNCCN1C(=O)c3cccc4c(N)ccc(c34)C1=O)C2=O. The largest absolute Gasteiger partial charge is 0.398 e. The number of hydrogen-bond acceptors (Lipinski definition) is 8. The highest BCUT2D eigenvalue weighted by Gasteiger charge is 2.34. The predicted octanol–water partition coefficient (Wildman–Crippen LogP) is 2.62. The second-order valence-corrected chi connectivity index (χ2v) is 10.2. The Morgan fingerprint density at radius 2 is 0.902 bits per heavy atom. The average molecular weight is 551 g/mol. The molecule has 0 saturated carbocycles. The van der Waals surface area contributed by atoms with Crippen LogP contribution in [0.5, 0.6) is 0 Å². The van der Waals surface area contributed by atoms with Crippen molar-refractivity contribution in [2.45, 2.75) is 6.42 Å². The van der Waals surface area contributed by atoms with Gasteiger partial charge in [0.25, 0.3) is 23.6 Å². The molecule has 4 aromatic rings. The normalized spacial score (nSPS) is 14.5. The Bertz CT molecular complexity index is 1580. The number of carbonyl (C=O) groups is 4. The van der Waals surface area contributed by atoms with Crippen LogP contribution in [0.15, 0.2) is 60.7 Å². The van der Waals surface area contributed by atoms with E-state index in [-0.39, 0.29) is 36.7 Å². The van der Waals surface area contributed by atoms with Gasteiger partial charge in [0.2, 0.25) is 0 Å². The van der Waals surface area contributed by atoms with Crippen molar-refractivity contribution in [1.29, 1.82) is 0 Å². The number of anilines is 2. The van der Waals surface area contributed by atoms with Crippen molar-refractivity contribution < 1.29 is 19.2 Å². The molecule has 208 valence electrons. The minimum Gasteiger partial charge on any atom is -0.398 e. The number of carbonyl (C=O) groups excluding carboxylic acids is 4. The van der Waals surface area contributed by atoms with Crippen molar-refractivity contribution in [2.24, 2.45) is 0 Å². The molecular weight excluding hydrogens is 520 g/mol. The molecule has 6 N–H and O–H groups in total. The Labute approximate surface area is 236 Å². The van der Waals surface area contributed by atoms with Gasteiger partial charge in [0.1, 0.15) is 0 Å². The van der Waals surface area contributed by atoms with Crippen LogP contribution in [0.2, 0.25) is 0 Å². The van der Waals surface area contributed by atoms with E-state index in [4.69, 9.17) is 11.5 Å². The van der Waals surface area contributed by atoms with Crippen molar-refractivity contribution >= 4 is 56.5 Å². The van der Waals surface area contributed by atoms with E-state index in [0.29, 0.717) is 81.4 Å². The molecule has 0 spiro atoms. The van der Waals surface area contributed by atoms with Crippen LogP contribution in [0.4, 0.5) is 11.4 Å². The average Bonchev–Trinajstić information content (AvgIpc) is 2.98. The van der Waals surface area contributed by atoms with Crippen molar-refractivity contribution in [1.82, 2.24) is 20.4 Å². The van der Waals surface area contributed by atoms with Crippen LogP contribution in [0.1, 0.15) is 47.9 Å². The summed E-state index contributed by atoms with van der Waals surface area (Å²) in [5.74, 6) is -1.25. The van der Waals surface area contributed by atoms with Crippen LogP contribution in [-0.4, -0.2) is 72.7 Å². The summed E-state index contributed by atoms with van der Waals surface area (Å²) in [6.45, 7) is 2.78. The Balaban J connectivity index is 0.949. The second kappa shape index (κ2) is 10.6. The van der Waals surface area contributed by atoms with Gasteiger partial charge in [-0.3, -0.25) is 29.0 Å². The van der Waals surface area contributed by atoms with Crippen molar-refractivity contribution in [3.63, 3.8) is 0 Å². The van der Waals surface area contributed by atoms with Gasteiger partial charge in [-0.1, -0.05) is 24.3 Å². The van der Waals surface area contributed by atoms with Gasteiger partial charge in [-0.05, 0) is 55.9 Å². The standard InChI is InChI=1S/C31H30N6O4/c32-24-10-8-22-26-18(24)4-1-6-20(26)28(38)36(30(22)40)16-14-34-12-3-13-35-15-17-37-29(39)21-7-2-5-19-25(33)11-9-23(27(19)21)31(37)41/h1-2,4-11,34-35H,3,12-17,32-33H2. The molecule has 0 fully saturated rings. The first-order chi connectivity index (χ1) is 19.9. The molecule has 0 aromatic heterocycles. The number of nitrogens with one attached hydrogen (secondary N) is 2. The lowest BCUT2D eigenvalue weighted by atomic mass is 9.93. The molecule has 10 nitrogen and oxygen atoms in total. The minimum absolute atomic E-state index is 0.254. The first-order valence-corrected chi connectivity index (χ1v) is 13.6. The van der Waals surface area contributed by atoms with E-state index in [0.717, 1.165) is 6.42 Å². The van der Waals surface area contributed by atoms with Crippen LogP contribution in [0.25, 0.3) is 21.5 Å². The summed E-state index contributed by atoms with van der Waals surface area (Å²) in [6, 6.07) is 17.4. The molecule has 2 aliphatic heterocycles. The first-order valence-electron chi connectivity index (χ1n) is 13.6. The van der Waals surface area contributed by atoms with Gasteiger partial charge >= 0.3 is 0 Å². The fourth-order valence-electron chi connectivity index (χ4n) is 5.71. The highest BCUT2D eigenvalue weighted by molar-refractivity contribution is 6.27. The maximum Gasteiger partial charge on any atom is 0.261 e. The Morgan fingerprint density at radius 1 is 0.512 bits per heavy atom. The highest BCUT2D eigenvalue weighted by atomic mass is 16.2. The van der Waals surface area contributed by atoms with E-state index in [1.165, 1.54) is 9.80 Å². The van der Waals surface area contributed by atoms with Gasteiger partial charge in [0.05, 0.1) is 0 Å². The van der Waals surface area contributed by atoms with Crippen LogP contribution < -0.4 is 22.1 Å². The molecule has 2 heterocycles. The molecule has 0 saturated heterocycles. The third kappa shape index (κ3) is 4.47. The van der Waals surface area contributed by atoms with Crippen molar-refractivity contribution in [2.75, 3.05) is 50.7 Å². The van der Waals surface area contributed by atoms with Gasteiger partial charge in [0, 0.05) is 81.4 Å². The molecule has 0 atom stereocenters. The van der Waals surface area contributed by atoms with E-state index in [1.807, 2.05) is 12.1 Å². The number of nitrogens with zero attached hydrogens (tertiary/aromatic N) is 2. The molecule has 4 amide bonds. The molecule has 0 radical (unpaired) electrons. The molecule has 0 bridgehead atoms. The number of benzene rings is 4. The number of nitrogen functional groups attached to an aromatic ring is 2. The molecule has 10 heteroatoms. The lowest BCUT2D eigenvalue weighted by Crippen LogP contribution is -2.44. The summed E-state index contributed by atoms with van der Waals surface area (Å²) in [4.78, 5) is 54.7. The molecule has 2 aliphatic rings. The summed E-state index contributed by atoms with van der Waals surface area (Å²) >= 11 is 0. The van der Waals surface area contributed by atoms with Gasteiger partial charge in [-0.2, -0.15) is 0 Å². The maximum absolute atomic E-state index is 13.0. The van der Waals surface area contributed by atoms with E-state index in [1.54, 1.807) is 48.5 Å². The molecule has 0 unspecified atom stereocenters. The van der Waals surface area contributed by atoms with E-state index < -0.39 is 0 Å². The minimum atomic E-state index is -0.314. The lowest BCUT2D eigenvalue weighted by molar-refractivity contribution is 0.0597.